The predicted octanol–water partition coefficient (Wildman–Crippen LogP) is 6.72. The zero-order valence-corrected chi connectivity index (χ0v) is 24.3. The first kappa shape index (κ1) is 29.1. The first-order chi connectivity index (χ1) is 19.0. The summed E-state index contributed by atoms with van der Waals surface area (Å²) < 4.78 is 87.9. The van der Waals surface area contributed by atoms with Crippen LogP contribution in [0.1, 0.15) is 97.7 Å². The number of hydrogen-bond acceptors (Lipinski definition) is 5. The zero-order valence-electron chi connectivity index (χ0n) is 23.4. The van der Waals surface area contributed by atoms with Crippen LogP contribution in [-0.4, -0.2) is 38.6 Å². The van der Waals surface area contributed by atoms with Gasteiger partial charge in [0, 0.05) is 56.0 Å². The number of nitrogens with zero attached hydrogens (tertiary/aromatic N) is 1. The smallest absolute Gasteiger partial charge is 0.310 e. The molecule has 0 amide bonds. The molecule has 1 aliphatic carbocycles. The van der Waals surface area contributed by atoms with E-state index < -0.39 is 32.9 Å². The molecular weight excluding hydrogens is 569 g/mol. The Bertz CT molecular complexity index is 1350. The highest BCUT2D eigenvalue weighted by molar-refractivity contribution is 8.45. The van der Waals surface area contributed by atoms with Crippen LogP contribution in [0.25, 0.3) is 0 Å². The maximum atomic E-state index is 13.6. The Labute approximate surface area is 236 Å². The Balaban J connectivity index is 1.63. The van der Waals surface area contributed by atoms with E-state index in [-0.39, 0.29) is 11.3 Å². The van der Waals surface area contributed by atoms with Crippen LogP contribution in [0.2, 0.25) is 0 Å². The minimum absolute atomic E-state index is 0.00464. The molecule has 4 aliphatic rings. The summed E-state index contributed by atoms with van der Waals surface area (Å²) in [6.07, 6.45) is 1.89. The summed E-state index contributed by atoms with van der Waals surface area (Å²) in [5, 5.41) is 11.7. The molecule has 2 aromatic rings. The van der Waals surface area contributed by atoms with E-state index in [1.807, 2.05) is 0 Å². The molecule has 3 aliphatic heterocycles. The molecule has 6 rings (SSSR count). The van der Waals surface area contributed by atoms with Crippen LogP contribution >= 0.6 is 10.2 Å². The van der Waals surface area contributed by atoms with E-state index in [4.69, 9.17) is 19.0 Å². The minimum atomic E-state index is -9.85. The normalized spacial score (nSPS) is 27.5. The maximum Gasteiger partial charge on any atom is 0.310 e. The summed E-state index contributed by atoms with van der Waals surface area (Å²) in [7, 11) is -8.28. The molecule has 0 saturated carbocycles. The Hall–Kier alpha value is -1.99. The lowest BCUT2D eigenvalue weighted by Gasteiger charge is -2.40. The molecule has 41 heavy (non-hydrogen) atoms. The van der Waals surface area contributed by atoms with Gasteiger partial charge in [-0.2, -0.15) is 0 Å². The molecule has 0 radical (unpaired) electrons. The highest BCUT2D eigenvalue weighted by atomic mass is 32.5. The van der Waals surface area contributed by atoms with Crippen molar-refractivity contribution in [3.05, 3.63) is 57.9 Å². The van der Waals surface area contributed by atoms with Crippen molar-refractivity contribution in [2.24, 2.45) is 5.41 Å². The Kier molecular flexibility index (Phi) is 6.40. The minimum Gasteiger partial charge on any atom is -0.388 e. The Morgan fingerprint density at radius 3 is 2.12 bits per heavy atom. The van der Waals surface area contributed by atoms with Gasteiger partial charge in [-0.15, -0.1) is 0 Å². The van der Waals surface area contributed by atoms with Crippen molar-refractivity contribution in [1.29, 1.82) is 0 Å². The molecular formula is C29H37F5NO5S+. The first-order valence-corrected chi connectivity index (χ1v) is 16.0. The molecule has 2 unspecified atom stereocenters. The van der Waals surface area contributed by atoms with Crippen LogP contribution in [-0.2, 0) is 26.2 Å². The van der Waals surface area contributed by atoms with Crippen molar-refractivity contribution in [3.63, 3.8) is 0 Å². The van der Waals surface area contributed by atoms with Crippen LogP contribution < -0.4 is 9.57 Å². The molecule has 12 heteroatoms. The largest absolute Gasteiger partial charge is 0.388 e. The van der Waals surface area contributed by atoms with Gasteiger partial charge in [-0.1, -0.05) is 45.4 Å². The lowest BCUT2D eigenvalue weighted by Crippen LogP contribution is -2.54. The highest BCUT2D eigenvalue weighted by Crippen LogP contribution is 3.02. The van der Waals surface area contributed by atoms with Gasteiger partial charge in [0.2, 0.25) is 11.4 Å². The third-order valence-corrected chi connectivity index (χ3v) is 10.3. The van der Waals surface area contributed by atoms with E-state index in [0.717, 1.165) is 40.2 Å². The van der Waals surface area contributed by atoms with Crippen molar-refractivity contribution in [2.45, 2.75) is 81.0 Å². The van der Waals surface area contributed by atoms with Gasteiger partial charge in [-0.05, 0) is 42.4 Å². The number of aliphatic hydroxyl groups is 1. The molecule has 1 N–H and O–H groups in total. The highest BCUT2D eigenvalue weighted by Gasteiger charge is 2.65. The quantitative estimate of drug-likeness (QED) is 0.310. The number of aromatic nitrogens is 1. The summed E-state index contributed by atoms with van der Waals surface area (Å²) in [6, 6.07) is 3.07. The Morgan fingerprint density at radius 2 is 1.54 bits per heavy atom. The fourth-order valence-corrected chi connectivity index (χ4v) is 7.98. The number of aliphatic hydroxyl groups excluding tert-OH is 1. The summed E-state index contributed by atoms with van der Waals surface area (Å²) >= 11 is 0. The third-order valence-electron chi connectivity index (χ3n) is 9.10. The summed E-state index contributed by atoms with van der Waals surface area (Å²) in [5.74, 6) is -0.00464. The van der Waals surface area contributed by atoms with E-state index in [1.165, 1.54) is 0 Å². The van der Waals surface area contributed by atoms with Gasteiger partial charge < -0.3 is 19.3 Å². The molecule has 1 aromatic carbocycles. The van der Waals surface area contributed by atoms with E-state index in [2.05, 4.69) is 13.8 Å². The number of benzene rings is 1. The van der Waals surface area contributed by atoms with E-state index >= 15 is 0 Å². The fraction of sp³-hybridized carbons (Fsp3) is 0.621. The molecule has 2 fully saturated rings. The van der Waals surface area contributed by atoms with Crippen LogP contribution in [0.5, 0.6) is 0 Å². The maximum absolute atomic E-state index is 13.6. The fourth-order valence-electron chi connectivity index (χ4n) is 7.33. The van der Waals surface area contributed by atoms with E-state index in [0.29, 0.717) is 82.6 Å². The third kappa shape index (κ3) is 5.03. The first-order valence-electron chi connectivity index (χ1n) is 14.1. The summed E-state index contributed by atoms with van der Waals surface area (Å²) in [5.41, 5.74) is 3.33. The molecule has 4 heterocycles. The number of ether oxygens (including phenoxy) is 3. The van der Waals surface area contributed by atoms with Gasteiger partial charge >= 0.3 is 10.2 Å². The molecule has 1 aromatic heterocycles. The van der Waals surface area contributed by atoms with E-state index in [9.17, 15) is 24.5 Å². The lowest BCUT2D eigenvalue weighted by atomic mass is 9.69. The van der Waals surface area contributed by atoms with Gasteiger partial charge in [0.15, 0.2) is 0 Å². The van der Waals surface area contributed by atoms with Gasteiger partial charge in [-0.3, -0.25) is 4.84 Å². The van der Waals surface area contributed by atoms with Gasteiger partial charge in [0.1, 0.15) is 18.1 Å². The topological polar surface area (TPSA) is 61.0 Å². The van der Waals surface area contributed by atoms with Crippen molar-refractivity contribution < 1.29 is 48.3 Å². The van der Waals surface area contributed by atoms with Gasteiger partial charge in [0.25, 0.3) is 0 Å². The zero-order chi connectivity index (χ0) is 29.5. The molecule has 2 saturated heterocycles. The van der Waals surface area contributed by atoms with E-state index in [1.54, 1.807) is 11.8 Å². The van der Waals surface area contributed by atoms with Gasteiger partial charge in [-0.25, -0.2) is 0 Å². The second kappa shape index (κ2) is 9.01. The van der Waals surface area contributed by atoms with Crippen LogP contribution in [0.3, 0.4) is 0 Å². The van der Waals surface area contributed by atoms with Crippen molar-refractivity contribution in [3.8, 4) is 0 Å². The number of halogens is 5. The molecule has 2 atom stereocenters. The average Bonchev–Trinajstić information content (AvgIpc) is 3.20. The van der Waals surface area contributed by atoms with Crippen molar-refractivity contribution in [1.82, 2.24) is 0 Å². The predicted molar refractivity (Wildman–Crippen MR) is 141 cm³/mol. The van der Waals surface area contributed by atoms with Gasteiger partial charge in [0.05, 0.1) is 28.7 Å². The second-order valence-electron chi connectivity index (χ2n) is 12.6. The van der Waals surface area contributed by atoms with Crippen LogP contribution in [0.4, 0.5) is 19.4 Å². The lowest BCUT2D eigenvalue weighted by molar-refractivity contribution is -0.897. The number of pyridine rings is 1. The van der Waals surface area contributed by atoms with Crippen molar-refractivity contribution >= 4 is 10.2 Å². The van der Waals surface area contributed by atoms with Crippen molar-refractivity contribution in [2.75, 3.05) is 33.5 Å². The Morgan fingerprint density at radius 1 is 0.927 bits per heavy atom. The number of rotatable bonds is 4. The van der Waals surface area contributed by atoms with Crippen LogP contribution in [0.15, 0.2) is 29.2 Å². The molecule has 0 bridgehead atoms. The molecule has 1 spiro atoms. The molecule has 6 nitrogen and oxygen atoms in total. The summed E-state index contributed by atoms with van der Waals surface area (Å²) in [6.45, 7) is 6.11. The van der Waals surface area contributed by atoms with Crippen LogP contribution in [0, 0.1) is 5.41 Å². The number of hydrogen-bond donors (Lipinski definition) is 1. The number of fused-ring (bicyclic) bond motifs is 4. The summed E-state index contributed by atoms with van der Waals surface area (Å²) in [4.78, 5) is 4.12. The SMILES string of the molecule is CO[n+]1c2c(c3c(c1C1CCOCC1)C(c1ccc(S(F)(F)(F)(F)F)cc1)OC31CCOCC1)C(O)CC(C)(C)C2. The average molecular weight is 607 g/mol. The molecule has 228 valence electrons. The monoisotopic (exact) mass is 606 g/mol. The second-order valence-corrected chi connectivity index (χ2v) is 15.0. The standard InChI is InChI=1S/C29H37F5NO5S/c1-28(2)16-21-23(22(36)17-28)25-24(26(35(21)37-3)18-8-12-38-13-9-18)27(40-29(25)10-14-39-15-11-29)19-4-6-20(7-5-19)41(30,31,32,33)34/h4-7,18,22,27,36H,8-17H2,1-3H3/q+1.